The second kappa shape index (κ2) is 3.40. The van der Waals surface area contributed by atoms with Gasteiger partial charge in [0.2, 0.25) is 0 Å². The van der Waals surface area contributed by atoms with E-state index in [0.717, 1.165) is 16.9 Å². The third kappa shape index (κ3) is 1.43. The van der Waals surface area contributed by atoms with Crippen molar-refractivity contribution < 1.29 is 9.47 Å². The summed E-state index contributed by atoms with van der Waals surface area (Å²) in [5.74, 6) is 1.55. The number of hydrogen-bond donors (Lipinski definition) is 0. The topological polar surface area (TPSA) is 31.4 Å². The third-order valence-corrected chi connectivity index (χ3v) is 3.46. The Balaban J connectivity index is 2.67. The van der Waals surface area contributed by atoms with Crippen LogP contribution < -0.4 is 9.47 Å². The first-order valence-corrected chi connectivity index (χ1v) is 5.44. The Hall–Kier alpha value is -0.991. The van der Waals surface area contributed by atoms with Crippen LogP contribution in [0.15, 0.2) is 18.3 Å². The van der Waals surface area contributed by atoms with Gasteiger partial charge in [-0.25, -0.2) is 0 Å². The van der Waals surface area contributed by atoms with Gasteiger partial charge in [0.05, 0.1) is 0 Å². The molecule has 0 spiro atoms. The molecular formula is C9H9NO2Se. The van der Waals surface area contributed by atoms with Crippen molar-refractivity contribution in [3.05, 3.63) is 18.3 Å². The molecule has 0 aliphatic heterocycles. The zero-order chi connectivity index (χ0) is 9.26. The van der Waals surface area contributed by atoms with Crippen LogP contribution in [-0.2, 0) is 0 Å². The van der Waals surface area contributed by atoms with E-state index >= 15 is 0 Å². The van der Waals surface area contributed by atoms with Gasteiger partial charge >= 0.3 is 81.9 Å². The van der Waals surface area contributed by atoms with Crippen LogP contribution in [0.25, 0.3) is 9.65 Å². The van der Waals surface area contributed by atoms with Gasteiger partial charge in [0, 0.05) is 0 Å². The molecule has 1 heterocycles. The van der Waals surface area contributed by atoms with E-state index in [1.807, 2.05) is 18.3 Å². The first-order chi connectivity index (χ1) is 6.35. The fourth-order valence-corrected chi connectivity index (χ4v) is 2.57. The first kappa shape index (κ1) is 8.60. The van der Waals surface area contributed by atoms with Crippen molar-refractivity contribution in [3.63, 3.8) is 0 Å². The van der Waals surface area contributed by atoms with Crippen LogP contribution in [0.2, 0.25) is 0 Å². The Labute approximate surface area is 82.3 Å². The van der Waals surface area contributed by atoms with Crippen molar-refractivity contribution in [2.75, 3.05) is 14.2 Å². The predicted molar refractivity (Wildman–Crippen MR) is 51.8 cm³/mol. The Kier molecular flexibility index (Phi) is 2.25. The summed E-state index contributed by atoms with van der Waals surface area (Å²) in [6.45, 7) is 0. The van der Waals surface area contributed by atoms with Crippen molar-refractivity contribution in [2.45, 2.75) is 0 Å². The third-order valence-electron chi connectivity index (χ3n) is 1.86. The van der Waals surface area contributed by atoms with E-state index < -0.39 is 0 Å². The summed E-state index contributed by atoms with van der Waals surface area (Å²) in [6, 6.07) is 3.97. The summed E-state index contributed by atoms with van der Waals surface area (Å²) in [4.78, 5) is 0. The van der Waals surface area contributed by atoms with E-state index in [1.54, 1.807) is 14.2 Å². The number of ether oxygens (including phenoxy) is 2. The molecule has 0 saturated heterocycles. The fraction of sp³-hybridized carbons (Fsp3) is 0.222. The summed E-state index contributed by atoms with van der Waals surface area (Å²) in [5.41, 5.74) is 0. The molecule has 2 aromatic rings. The van der Waals surface area contributed by atoms with Gasteiger partial charge in [0.1, 0.15) is 0 Å². The van der Waals surface area contributed by atoms with Crippen LogP contribution >= 0.6 is 0 Å². The molecular weight excluding hydrogens is 233 g/mol. The molecule has 0 aliphatic rings. The zero-order valence-corrected chi connectivity index (χ0v) is 9.12. The minimum atomic E-state index is 0.217. The quantitative estimate of drug-likeness (QED) is 0.744. The molecule has 0 radical (unpaired) electrons. The van der Waals surface area contributed by atoms with Gasteiger partial charge in [-0.2, -0.15) is 0 Å². The summed E-state index contributed by atoms with van der Waals surface area (Å²) >= 11 is 0.217. The summed E-state index contributed by atoms with van der Waals surface area (Å²) in [6.07, 6.45) is 1.89. The van der Waals surface area contributed by atoms with E-state index in [1.165, 1.54) is 4.26 Å². The van der Waals surface area contributed by atoms with Gasteiger partial charge in [-0.3, -0.25) is 0 Å². The Morgan fingerprint density at radius 1 is 1.15 bits per heavy atom. The number of hydrogen-bond acceptors (Lipinski definition) is 3. The summed E-state index contributed by atoms with van der Waals surface area (Å²) < 4.78 is 15.9. The van der Waals surface area contributed by atoms with Gasteiger partial charge in [-0.15, -0.1) is 0 Å². The van der Waals surface area contributed by atoms with E-state index in [4.69, 9.17) is 9.47 Å². The Bertz CT molecular complexity index is 386. The standard InChI is InChI=1S/C9H9NO2Se/c1-11-7-3-6-5-10-13-9(6)4-8(7)12-2/h3-5H,1-2H3. The van der Waals surface area contributed by atoms with Crippen molar-refractivity contribution in [1.82, 2.24) is 3.98 Å². The number of benzene rings is 1. The maximum atomic E-state index is 5.19. The molecule has 0 saturated carbocycles. The molecule has 0 bridgehead atoms. The molecule has 4 heteroatoms. The van der Waals surface area contributed by atoms with Crippen LogP contribution in [0.1, 0.15) is 0 Å². The van der Waals surface area contributed by atoms with Crippen molar-refractivity contribution >= 4 is 24.4 Å². The van der Waals surface area contributed by atoms with Gasteiger partial charge in [-0.05, 0) is 0 Å². The van der Waals surface area contributed by atoms with E-state index in [2.05, 4.69) is 3.98 Å². The molecule has 1 aromatic heterocycles. The second-order valence-corrected chi connectivity index (χ2v) is 4.32. The van der Waals surface area contributed by atoms with Crippen LogP contribution in [0.5, 0.6) is 11.5 Å². The predicted octanol–water partition coefficient (Wildman–Crippen LogP) is 1.31. The molecule has 0 unspecified atom stereocenters. The van der Waals surface area contributed by atoms with E-state index in [0.29, 0.717) is 0 Å². The molecule has 13 heavy (non-hydrogen) atoms. The molecule has 0 fully saturated rings. The molecule has 68 valence electrons. The van der Waals surface area contributed by atoms with Crippen molar-refractivity contribution in [3.8, 4) is 11.5 Å². The van der Waals surface area contributed by atoms with E-state index in [-0.39, 0.29) is 14.7 Å². The average molecular weight is 242 g/mol. The number of methoxy groups -OCH3 is 2. The first-order valence-electron chi connectivity index (χ1n) is 3.81. The number of aromatic nitrogens is 1. The molecule has 1 aromatic carbocycles. The molecule has 0 N–H and O–H groups in total. The average Bonchev–Trinajstić information content (AvgIpc) is 2.62. The number of rotatable bonds is 2. The van der Waals surface area contributed by atoms with E-state index in [9.17, 15) is 0 Å². The van der Waals surface area contributed by atoms with Crippen molar-refractivity contribution in [1.29, 1.82) is 0 Å². The number of fused-ring (bicyclic) bond motifs is 1. The van der Waals surface area contributed by atoms with Gasteiger partial charge in [-0.1, -0.05) is 0 Å². The molecule has 0 aliphatic carbocycles. The monoisotopic (exact) mass is 243 g/mol. The molecule has 3 nitrogen and oxygen atoms in total. The summed E-state index contributed by atoms with van der Waals surface area (Å²) in [7, 11) is 3.29. The molecule has 2 rings (SSSR count). The Morgan fingerprint density at radius 3 is 2.54 bits per heavy atom. The minimum absolute atomic E-state index is 0.217. The SMILES string of the molecule is COc1cc2cn[se]c2cc1OC. The van der Waals surface area contributed by atoms with Gasteiger partial charge in [0.15, 0.2) is 0 Å². The van der Waals surface area contributed by atoms with Crippen LogP contribution in [-0.4, -0.2) is 32.9 Å². The van der Waals surface area contributed by atoms with Crippen LogP contribution in [0.3, 0.4) is 0 Å². The van der Waals surface area contributed by atoms with Crippen LogP contribution in [0.4, 0.5) is 0 Å². The van der Waals surface area contributed by atoms with Crippen LogP contribution in [0, 0.1) is 0 Å². The second-order valence-electron chi connectivity index (χ2n) is 2.57. The normalized spacial score (nSPS) is 10.3. The Morgan fingerprint density at radius 2 is 1.85 bits per heavy atom. The fourth-order valence-electron chi connectivity index (χ4n) is 1.20. The van der Waals surface area contributed by atoms with Gasteiger partial charge in [0.25, 0.3) is 0 Å². The number of nitrogens with zero attached hydrogens (tertiary/aromatic N) is 1. The van der Waals surface area contributed by atoms with Crippen molar-refractivity contribution in [2.24, 2.45) is 0 Å². The summed E-state index contributed by atoms with van der Waals surface area (Å²) in [5, 5.41) is 1.15. The maximum absolute atomic E-state index is 5.19. The molecule has 0 amide bonds. The molecule has 0 atom stereocenters. The van der Waals surface area contributed by atoms with Gasteiger partial charge < -0.3 is 0 Å². The zero-order valence-electron chi connectivity index (χ0n) is 7.40.